The summed E-state index contributed by atoms with van der Waals surface area (Å²) in [5.41, 5.74) is -1.94. The van der Waals surface area contributed by atoms with Gasteiger partial charge in [-0.3, -0.25) is 4.79 Å². The van der Waals surface area contributed by atoms with E-state index in [1.165, 1.54) is 4.90 Å². The zero-order valence-electron chi connectivity index (χ0n) is 26.6. The molecule has 0 unspecified atom stereocenters. The van der Waals surface area contributed by atoms with Crippen molar-refractivity contribution in [3.8, 4) is 5.88 Å². The molecule has 0 saturated carbocycles. The van der Waals surface area contributed by atoms with Crippen LogP contribution in [0.15, 0.2) is 60.9 Å². The van der Waals surface area contributed by atoms with Gasteiger partial charge in [-0.2, -0.15) is 26.3 Å². The number of ether oxygens (including phenoxy) is 2. The third-order valence-corrected chi connectivity index (χ3v) is 7.87. The van der Waals surface area contributed by atoms with Crippen LogP contribution in [0.3, 0.4) is 0 Å². The quantitative estimate of drug-likeness (QED) is 0.124. The largest absolute Gasteiger partial charge is 0.474 e. The van der Waals surface area contributed by atoms with Gasteiger partial charge in [-0.25, -0.2) is 15.0 Å². The topological polar surface area (TPSA) is 80.7 Å². The maximum Gasteiger partial charge on any atom is 0.416 e. The summed E-state index contributed by atoms with van der Waals surface area (Å²) >= 11 is 0. The first-order chi connectivity index (χ1) is 22.7. The Bertz CT molecular complexity index is 1690. The highest BCUT2D eigenvalue weighted by Crippen LogP contribution is 2.37. The molecule has 0 radical (unpaired) electrons. The van der Waals surface area contributed by atoms with Crippen LogP contribution in [0.5, 0.6) is 5.88 Å². The van der Waals surface area contributed by atoms with Crippen molar-refractivity contribution in [1.82, 2.24) is 15.0 Å². The van der Waals surface area contributed by atoms with E-state index in [0.29, 0.717) is 61.9 Å². The Morgan fingerprint density at radius 1 is 0.938 bits per heavy atom. The first-order valence-corrected chi connectivity index (χ1v) is 15.5. The van der Waals surface area contributed by atoms with E-state index in [0.717, 1.165) is 10.8 Å². The number of hydrogen-bond acceptors (Lipinski definition) is 8. The summed E-state index contributed by atoms with van der Waals surface area (Å²) in [6.45, 7) is 6.43. The summed E-state index contributed by atoms with van der Waals surface area (Å²) in [6, 6.07) is 10.7. The number of esters is 1. The summed E-state index contributed by atoms with van der Waals surface area (Å²) in [5.74, 6) is -0.0109. The number of piperidine rings is 1. The molecule has 0 spiro atoms. The maximum absolute atomic E-state index is 13.7. The van der Waals surface area contributed by atoms with Gasteiger partial charge in [0.05, 0.1) is 60.1 Å². The van der Waals surface area contributed by atoms with Crippen molar-refractivity contribution in [3.63, 3.8) is 0 Å². The van der Waals surface area contributed by atoms with Gasteiger partial charge in [0.25, 0.3) is 0 Å². The first-order valence-electron chi connectivity index (χ1n) is 15.5. The molecule has 2 aromatic carbocycles. The fourth-order valence-corrected chi connectivity index (χ4v) is 5.61. The van der Waals surface area contributed by atoms with E-state index in [1.807, 2.05) is 43.0 Å². The minimum atomic E-state index is -5.00. The number of nitrogens with zero attached hydrogens (tertiary/aromatic N) is 5. The van der Waals surface area contributed by atoms with Crippen LogP contribution in [0, 0.1) is 5.92 Å². The highest BCUT2D eigenvalue weighted by atomic mass is 19.4. The number of fused-ring (bicyclic) bond motifs is 1. The van der Waals surface area contributed by atoms with Crippen LogP contribution in [0.25, 0.3) is 10.8 Å². The molecule has 14 heteroatoms. The summed E-state index contributed by atoms with van der Waals surface area (Å²) in [4.78, 5) is 29.3. The van der Waals surface area contributed by atoms with Crippen LogP contribution in [0.1, 0.15) is 56.0 Å². The van der Waals surface area contributed by atoms with E-state index in [1.54, 1.807) is 25.4 Å². The van der Waals surface area contributed by atoms with E-state index in [4.69, 9.17) is 9.47 Å². The number of carbonyl (C=O) groups excluding carboxylic acids is 1. The van der Waals surface area contributed by atoms with Gasteiger partial charge in [0, 0.05) is 25.0 Å². The summed E-state index contributed by atoms with van der Waals surface area (Å²) < 4.78 is 93.3. The van der Waals surface area contributed by atoms with Gasteiger partial charge >= 0.3 is 18.3 Å². The molecule has 4 aromatic rings. The third-order valence-electron chi connectivity index (χ3n) is 7.87. The monoisotopic (exact) mass is 675 g/mol. The molecule has 0 amide bonds. The third kappa shape index (κ3) is 8.45. The average molecular weight is 676 g/mol. The Morgan fingerprint density at radius 2 is 1.56 bits per heavy atom. The predicted octanol–water partition coefficient (Wildman–Crippen LogP) is 7.84. The number of rotatable bonds is 10. The van der Waals surface area contributed by atoms with E-state index >= 15 is 0 Å². The van der Waals surface area contributed by atoms with Gasteiger partial charge in [-0.1, -0.05) is 18.2 Å². The molecular weight excluding hydrogens is 640 g/mol. The lowest BCUT2D eigenvalue weighted by atomic mass is 9.97. The molecule has 5 rings (SSSR count). The molecule has 1 aliphatic heterocycles. The molecule has 1 aliphatic rings. The Balaban J connectivity index is 1.49. The number of carbonyl (C=O) groups is 1. The van der Waals surface area contributed by atoms with Gasteiger partial charge in [-0.05, 0) is 74.9 Å². The van der Waals surface area contributed by atoms with E-state index < -0.39 is 23.5 Å². The van der Waals surface area contributed by atoms with Crippen LogP contribution in [-0.4, -0.2) is 46.7 Å². The fourth-order valence-electron chi connectivity index (χ4n) is 5.61. The number of benzene rings is 2. The molecule has 1 fully saturated rings. The molecule has 8 nitrogen and oxygen atoms in total. The van der Waals surface area contributed by atoms with Crippen LogP contribution in [0.4, 0.5) is 38.0 Å². The normalized spacial score (nSPS) is 14.4. The second-order valence-electron chi connectivity index (χ2n) is 11.8. The van der Waals surface area contributed by atoms with Crippen LogP contribution >= 0.6 is 0 Å². The van der Waals surface area contributed by atoms with Crippen LogP contribution < -0.4 is 14.5 Å². The molecule has 0 aliphatic carbocycles. The number of anilines is 2. The second kappa shape index (κ2) is 14.2. The summed E-state index contributed by atoms with van der Waals surface area (Å²) in [7, 11) is 0. The SMILES string of the molecule is CCOC(=O)C1CCN(c2cnc(N(Cc3cc(C(F)(F)F)cc(C(F)(F)F)c3)Cc3cc4ccccc4c(OC(C)C)n3)nc2)CC1. The lowest BCUT2D eigenvalue weighted by Gasteiger charge is -2.32. The Hall–Kier alpha value is -4.62. The van der Waals surface area contributed by atoms with Gasteiger partial charge in [-0.15, -0.1) is 0 Å². The number of aromatic nitrogens is 3. The van der Waals surface area contributed by atoms with E-state index in [9.17, 15) is 31.1 Å². The molecule has 0 bridgehead atoms. The number of pyridine rings is 1. The number of hydrogen-bond donors (Lipinski definition) is 0. The summed E-state index contributed by atoms with van der Waals surface area (Å²) in [6.07, 6.45) is -5.94. The van der Waals surface area contributed by atoms with Gasteiger partial charge < -0.3 is 19.3 Å². The zero-order valence-corrected chi connectivity index (χ0v) is 26.6. The lowest BCUT2D eigenvalue weighted by Crippen LogP contribution is -2.37. The molecule has 48 heavy (non-hydrogen) atoms. The fraction of sp³-hybridized carbons (Fsp3) is 0.412. The van der Waals surface area contributed by atoms with Crippen molar-refractivity contribution in [3.05, 3.63) is 83.3 Å². The molecule has 2 aromatic heterocycles. The molecule has 0 N–H and O–H groups in total. The minimum absolute atomic E-state index is 0.0544. The van der Waals surface area contributed by atoms with E-state index in [2.05, 4.69) is 15.0 Å². The van der Waals surface area contributed by atoms with Crippen molar-refractivity contribution in [2.75, 3.05) is 29.5 Å². The first kappa shape index (κ1) is 34.7. The maximum atomic E-state index is 13.7. The molecule has 1 saturated heterocycles. The highest BCUT2D eigenvalue weighted by Gasteiger charge is 2.37. The van der Waals surface area contributed by atoms with Gasteiger partial charge in [0.2, 0.25) is 11.8 Å². The van der Waals surface area contributed by atoms with Crippen molar-refractivity contribution < 1.29 is 40.6 Å². The van der Waals surface area contributed by atoms with Gasteiger partial charge in [0.1, 0.15) is 0 Å². The van der Waals surface area contributed by atoms with Crippen molar-refractivity contribution in [2.24, 2.45) is 5.92 Å². The zero-order chi connectivity index (χ0) is 34.6. The standard InChI is InChI=1S/C34H35F6N5O3/c1-4-47-31(46)23-9-11-44(12-10-23)28-17-41-32(42-18-28)45(19-22-13-25(33(35,36)37)16-26(14-22)34(38,39)40)20-27-15-24-7-5-6-8-29(24)30(43-27)48-21(2)3/h5-8,13-18,21,23H,4,9-12,19-20H2,1-3H3. The summed E-state index contributed by atoms with van der Waals surface area (Å²) in [5, 5.41) is 1.54. The van der Waals surface area contributed by atoms with E-state index in [-0.39, 0.29) is 48.7 Å². The van der Waals surface area contributed by atoms with Crippen LogP contribution in [0.2, 0.25) is 0 Å². The highest BCUT2D eigenvalue weighted by molar-refractivity contribution is 5.87. The molecule has 3 heterocycles. The Labute approximate surface area is 273 Å². The minimum Gasteiger partial charge on any atom is -0.474 e. The molecule has 256 valence electrons. The van der Waals surface area contributed by atoms with Crippen molar-refractivity contribution >= 4 is 28.4 Å². The second-order valence-corrected chi connectivity index (χ2v) is 11.8. The molecular formula is C34H35F6N5O3. The van der Waals surface area contributed by atoms with Gasteiger partial charge in [0.15, 0.2) is 0 Å². The average Bonchev–Trinajstić information content (AvgIpc) is 3.03. The van der Waals surface area contributed by atoms with Crippen molar-refractivity contribution in [1.29, 1.82) is 0 Å². The number of alkyl halides is 6. The Kier molecular flexibility index (Phi) is 10.3. The smallest absolute Gasteiger partial charge is 0.416 e. The number of halogens is 6. The Morgan fingerprint density at radius 3 is 2.15 bits per heavy atom. The van der Waals surface area contributed by atoms with Crippen LogP contribution in [-0.2, 0) is 35.0 Å². The van der Waals surface area contributed by atoms with Crippen molar-refractivity contribution in [2.45, 2.75) is 65.2 Å². The predicted molar refractivity (Wildman–Crippen MR) is 167 cm³/mol. The lowest BCUT2D eigenvalue weighted by molar-refractivity contribution is -0.148. The molecule has 0 atom stereocenters.